The number of aliphatic carboxylic acids is 1. The predicted octanol–water partition coefficient (Wildman–Crippen LogP) is 3.75. The number of halogens is 3. The Morgan fingerprint density at radius 2 is 1.38 bits per heavy atom. The van der Waals surface area contributed by atoms with E-state index in [9.17, 15) is 26.4 Å². The maximum atomic E-state index is 12.1. The quantitative estimate of drug-likeness (QED) is 0.758. The minimum Gasteiger partial charge on any atom is -0.478 e. The second-order valence-electron chi connectivity index (χ2n) is 4.78. The number of carbonyl (C=O) groups is 1. The van der Waals surface area contributed by atoms with E-state index >= 15 is 0 Å². The van der Waals surface area contributed by atoms with Gasteiger partial charge in [-0.1, -0.05) is 0 Å². The number of hydrogen-bond acceptors (Lipinski definition) is 5. The molecule has 0 heterocycles. The molecule has 0 saturated carbocycles. The molecule has 0 atom stereocenters. The Kier molecular flexibility index (Phi) is 5.56. The summed E-state index contributed by atoms with van der Waals surface area (Å²) in [5.74, 6) is -1.36. The molecule has 0 aromatic heterocycles. The van der Waals surface area contributed by atoms with Gasteiger partial charge in [0.1, 0.15) is 17.2 Å². The largest absolute Gasteiger partial charge is 0.573 e. The van der Waals surface area contributed by atoms with Crippen LogP contribution in [0.25, 0.3) is 0 Å². The van der Waals surface area contributed by atoms with Crippen molar-refractivity contribution in [3.63, 3.8) is 0 Å². The first-order chi connectivity index (χ1) is 12.0. The fraction of sp³-hybridized carbons (Fsp3) is 0.0625. The molecule has 0 aliphatic carbocycles. The molecule has 0 spiro atoms. The molecular weight excluding hydrogens is 377 g/mol. The number of benzene rings is 2. The van der Waals surface area contributed by atoms with Crippen molar-refractivity contribution in [2.24, 2.45) is 0 Å². The molecule has 138 valence electrons. The lowest BCUT2D eigenvalue weighted by Gasteiger charge is -2.10. The molecule has 0 aliphatic heterocycles. The maximum absolute atomic E-state index is 12.1. The molecule has 0 aliphatic rings. The van der Waals surface area contributed by atoms with E-state index in [-0.39, 0.29) is 16.4 Å². The van der Waals surface area contributed by atoms with E-state index in [0.717, 1.165) is 12.1 Å². The highest BCUT2D eigenvalue weighted by molar-refractivity contribution is 7.94. The predicted molar refractivity (Wildman–Crippen MR) is 83.6 cm³/mol. The molecule has 2 aromatic rings. The Morgan fingerprint density at radius 3 is 1.85 bits per heavy atom. The van der Waals surface area contributed by atoms with E-state index in [1.165, 1.54) is 36.4 Å². The molecular formula is C16H11F3O6S. The number of sulfone groups is 1. The van der Waals surface area contributed by atoms with Crippen molar-refractivity contribution in [2.75, 3.05) is 0 Å². The molecule has 0 unspecified atom stereocenters. The van der Waals surface area contributed by atoms with Gasteiger partial charge in [-0.05, 0) is 48.5 Å². The minimum absolute atomic E-state index is 0.142. The van der Waals surface area contributed by atoms with E-state index in [1.807, 2.05) is 0 Å². The molecule has 10 heteroatoms. The van der Waals surface area contributed by atoms with Gasteiger partial charge >= 0.3 is 12.3 Å². The first-order valence-corrected chi connectivity index (χ1v) is 8.40. The van der Waals surface area contributed by atoms with Crippen molar-refractivity contribution in [2.45, 2.75) is 11.3 Å². The van der Waals surface area contributed by atoms with E-state index in [1.54, 1.807) is 0 Å². The average Bonchev–Trinajstić information content (AvgIpc) is 2.54. The van der Waals surface area contributed by atoms with Gasteiger partial charge in [0.25, 0.3) is 0 Å². The molecule has 0 saturated heterocycles. The molecule has 0 fully saturated rings. The number of carboxylic acids is 1. The van der Waals surface area contributed by atoms with Crippen LogP contribution in [-0.2, 0) is 14.6 Å². The van der Waals surface area contributed by atoms with Gasteiger partial charge in [-0.15, -0.1) is 13.2 Å². The van der Waals surface area contributed by atoms with Gasteiger partial charge in [-0.25, -0.2) is 13.2 Å². The van der Waals surface area contributed by atoms with Crippen LogP contribution in [0.15, 0.2) is 64.9 Å². The molecule has 2 aromatic carbocycles. The van der Waals surface area contributed by atoms with Gasteiger partial charge in [0, 0.05) is 11.5 Å². The topological polar surface area (TPSA) is 89.9 Å². The highest BCUT2D eigenvalue weighted by Gasteiger charge is 2.30. The van der Waals surface area contributed by atoms with Gasteiger partial charge < -0.3 is 14.6 Å². The third kappa shape index (κ3) is 5.81. The van der Waals surface area contributed by atoms with Crippen LogP contribution >= 0.6 is 0 Å². The summed E-state index contributed by atoms with van der Waals surface area (Å²) in [5.41, 5.74) is 0. The Bertz CT molecular complexity index is 900. The summed E-state index contributed by atoms with van der Waals surface area (Å²) in [6.45, 7) is 0. The number of ether oxygens (including phenoxy) is 2. The Morgan fingerprint density at radius 1 is 0.923 bits per heavy atom. The third-order valence-electron chi connectivity index (χ3n) is 2.84. The van der Waals surface area contributed by atoms with E-state index in [0.29, 0.717) is 11.5 Å². The smallest absolute Gasteiger partial charge is 0.478 e. The standard InChI is InChI=1S/C16H11F3O6S/c17-16(18,19)25-13-3-1-11(2-4-13)24-12-5-7-14(8-6-12)26(22,23)10-9-15(20)21/h1-10H,(H,20,21)/b10-9+. The molecule has 0 bridgehead atoms. The zero-order valence-corrected chi connectivity index (χ0v) is 13.6. The zero-order chi connectivity index (χ0) is 19.4. The van der Waals surface area contributed by atoms with Crippen molar-refractivity contribution < 1.29 is 41.0 Å². The van der Waals surface area contributed by atoms with Crippen molar-refractivity contribution in [1.29, 1.82) is 0 Å². The molecule has 0 radical (unpaired) electrons. The monoisotopic (exact) mass is 388 g/mol. The second-order valence-corrected chi connectivity index (χ2v) is 6.61. The summed E-state index contributed by atoms with van der Waals surface area (Å²) < 4.78 is 69.1. The summed E-state index contributed by atoms with van der Waals surface area (Å²) in [4.78, 5) is 10.3. The first-order valence-electron chi connectivity index (χ1n) is 6.85. The van der Waals surface area contributed by atoms with Gasteiger partial charge in [0.05, 0.1) is 4.90 Å². The van der Waals surface area contributed by atoms with Crippen LogP contribution in [0.5, 0.6) is 17.2 Å². The first kappa shape index (κ1) is 19.3. The summed E-state index contributed by atoms with van der Waals surface area (Å²) in [6, 6.07) is 9.69. The number of alkyl halides is 3. The van der Waals surface area contributed by atoms with E-state index < -0.39 is 27.9 Å². The number of hydrogen-bond donors (Lipinski definition) is 1. The minimum atomic E-state index is -4.79. The Labute approximate surface area is 146 Å². The lowest BCUT2D eigenvalue weighted by Crippen LogP contribution is -2.16. The van der Waals surface area contributed by atoms with Gasteiger partial charge in [0.15, 0.2) is 9.84 Å². The fourth-order valence-electron chi connectivity index (χ4n) is 1.77. The highest BCUT2D eigenvalue weighted by atomic mass is 32.2. The summed E-state index contributed by atoms with van der Waals surface area (Å²) in [5, 5.41) is 9.03. The van der Waals surface area contributed by atoms with Crippen molar-refractivity contribution in [3.8, 4) is 17.2 Å². The van der Waals surface area contributed by atoms with Crippen LogP contribution in [0.3, 0.4) is 0 Å². The van der Waals surface area contributed by atoms with Gasteiger partial charge in [-0.2, -0.15) is 0 Å². The summed E-state index contributed by atoms with van der Waals surface area (Å²) in [7, 11) is -3.91. The fourth-order valence-corrected chi connectivity index (χ4v) is 2.74. The van der Waals surface area contributed by atoms with E-state index in [2.05, 4.69) is 4.74 Å². The van der Waals surface area contributed by atoms with Crippen LogP contribution in [0.4, 0.5) is 13.2 Å². The maximum Gasteiger partial charge on any atom is 0.573 e. The Balaban J connectivity index is 2.09. The van der Waals surface area contributed by atoms with Crippen LogP contribution in [0, 0.1) is 0 Å². The van der Waals surface area contributed by atoms with Crippen molar-refractivity contribution in [1.82, 2.24) is 0 Å². The molecule has 1 N–H and O–H groups in total. The number of carboxylic acid groups (broad SMARTS) is 1. The van der Waals surface area contributed by atoms with Gasteiger partial charge in [-0.3, -0.25) is 0 Å². The van der Waals surface area contributed by atoms with Crippen LogP contribution < -0.4 is 9.47 Å². The van der Waals surface area contributed by atoms with Crippen LogP contribution in [-0.4, -0.2) is 25.9 Å². The lowest BCUT2D eigenvalue weighted by molar-refractivity contribution is -0.274. The SMILES string of the molecule is O=C(O)/C=C/S(=O)(=O)c1ccc(Oc2ccc(OC(F)(F)F)cc2)cc1. The lowest BCUT2D eigenvalue weighted by atomic mass is 10.3. The number of rotatable bonds is 6. The van der Waals surface area contributed by atoms with E-state index in [4.69, 9.17) is 9.84 Å². The molecule has 0 amide bonds. The Hall–Kier alpha value is -3.01. The van der Waals surface area contributed by atoms with Crippen molar-refractivity contribution in [3.05, 3.63) is 60.0 Å². The molecule has 26 heavy (non-hydrogen) atoms. The summed E-state index contributed by atoms with van der Waals surface area (Å²) in [6.07, 6.45) is -4.29. The second kappa shape index (κ2) is 7.48. The zero-order valence-electron chi connectivity index (χ0n) is 12.8. The summed E-state index contributed by atoms with van der Waals surface area (Å²) >= 11 is 0. The normalized spacial score (nSPS) is 12.1. The third-order valence-corrected chi connectivity index (χ3v) is 4.26. The highest BCUT2D eigenvalue weighted by Crippen LogP contribution is 2.28. The van der Waals surface area contributed by atoms with Crippen LogP contribution in [0.2, 0.25) is 0 Å². The average molecular weight is 388 g/mol. The van der Waals surface area contributed by atoms with Gasteiger partial charge in [0.2, 0.25) is 0 Å². The van der Waals surface area contributed by atoms with Crippen molar-refractivity contribution >= 4 is 15.8 Å². The molecule has 6 nitrogen and oxygen atoms in total. The van der Waals surface area contributed by atoms with Crippen LogP contribution in [0.1, 0.15) is 0 Å². The molecule has 2 rings (SSSR count).